The van der Waals surface area contributed by atoms with Gasteiger partial charge in [0.25, 0.3) is 5.56 Å². The predicted molar refractivity (Wildman–Crippen MR) is 105 cm³/mol. The molecule has 0 fully saturated rings. The lowest BCUT2D eigenvalue weighted by molar-refractivity contribution is 0.355. The molecule has 0 atom stereocenters. The molecule has 148 valence electrons. The summed E-state index contributed by atoms with van der Waals surface area (Å²) < 4.78 is 18.0. The van der Waals surface area contributed by atoms with Gasteiger partial charge in [-0.2, -0.15) is 0 Å². The summed E-state index contributed by atoms with van der Waals surface area (Å²) in [6.07, 6.45) is 1.48. The maximum Gasteiger partial charge on any atom is 0.442 e. The minimum Gasteiger partial charge on any atom is -0.493 e. The number of methoxy groups -OCH3 is 2. The summed E-state index contributed by atoms with van der Waals surface area (Å²) in [5.41, 5.74) is 1.06. The Labute approximate surface area is 168 Å². The zero-order valence-electron chi connectivity index (χ0n) is 15.5. The first kappa shape index (κ1) is 18.8. The number of hydrogen-bond donors (Lipinski definition) is 0. The smallest absolute Gasteiger partial charge is 0.442 e. The Morgan fingerprint density at radius 2 is 1.86 bits per heavy atom. The molecule has 0 saturated carbocycles. The van der Waals surface area contributed by atoms with Crippen LogP contribution in [-0.4, -0.2) is 33.3 Å². The van der Waals surface area contributed by atoms with Crippen molar-refractivity contribution in [1.29, 1.82) is 0 Å². The zero-order chi connectivity index (χ0) is 20.5. The topological polar surface area (TPSA) is 101 Å². The highest BCUT2D eigenvalue weighted by molar-refractivity contribution is 6.30. The summed E-state index contributed by atoms with van der Waals surface area (Å²) in [4.78, 5) is 29.0. The van der Waals surface area contributed by atoms with Gasteiger partial charge in [0.2, 0.25) is 0 Å². The fraction of sp³-hybridized carbons (Fsp3) is 0.158. The Hall–Kier alpha value is -3.59. The molecule has 0 aliphatic carbocycles. The van der Waals surface area contributed by atoms with Crippen molar-refractivity contribution in [3.05, 3.63) is 74.2 Å². The van der Waals surface area contributed by atoms with Crippen LogP contribution in [0.1, 0.15) is 5.69 Å². The van der Waals surface area contributed by atoms with Crippen LogP contribution in [0.2, 0.25) is 5.02 Å². The van der Waals surface area contributed by atoms with Crippen LogP contribution in [0.4, 0.5) is 0 Å². The molecule has 0 N–H and O–H groups in total. The normalized spacial score (nSPS) is 11.0. The van der Waals surface area contributed by atoms with E-state index in [1.165, 1.54) is 35.5 Å². The molecule has 3 aromatic heterocycles. The van der Waals surface area contributed by atoms with Gasteiger partial charge in [-0.25, -0.2) is 9.78 Å². The van der Waals surface area contributed by atoms with Crippen molar-refractivity contribution in [3.63, 3.8) is 0 Å². The molecule has 0 aliphatic heterocycles. The van der Waals surface area contributed by atoms with Crippen molar-refractivity contribution >= 4 is 17.2 Å². The molecule has 0 spiro atoms. The molecule has 10 heteroatoms. The second-order valence-electron chi connectivity index (χ2n) is 6.09. The Morgan fingerprint density at radius 1 is 1.07 bits per heavy atom. The van der Waals surface area contributed by atoms with E-state index < -0.39 is 5.76 Å². The molecular weight excluding hydrogens is 400 g/mol. The second-order valence-corrected chi connectivity index (χ2v) is 6.53. The number of benzene rings is 1. The molecule has 4 aromatic rings. The van der Waals surface area contributed by atoms with Gasteiger partial charge < -0.3 is 9.47 Å². The number of fused-ring (bicyclic) bond motifs is 1. The number of rotatable bonds is 5. The Balaban J connectivity index is 1.78. The first-order chi connectivity index (χ1) is 14.0. The summed E-state index contributed by atoms with van der Waals surface area (Å²) >= 11 is 5.93. The summed E-state index contributed by atoms with van der Waals surface area (Å²) in [6, 6.07) is 9.69. The van der Waals surface area contributed by atoms with E-state index in [1.807, 2.05) is 0 Å². The average molecular weight is 415 g/mol. The lowest BCUT2D eigenvalue weighted by Crippen LogP contribution is -2.21. The van der Waals surface area contributed by atoms with Gasteiger partial charge in [-0.3, -0.25) is 18.3 Å². The Morgan fingerprint density at radius 3 is 2.62 bits per heavy atom. The molecule has 9 nitrogen and oxygen atoms in total. The monoisotopic (exact) mass is 414 g/mol. The van der Waals surface area contributed by atoms with Crippen LogP contribution in [0.15, 0.2) is 56.7 Å². The first-order valence-electron chi connectivity index (χ1n) is 8.47. The van der Waals surface area contributed by atoms with Gasteiger partial charge in [-0.1, -0.05) is 16.8 Å². The standard InChI is InChI=1S/C19H15ClN4O5/c1-27-14-5-3-11(7-15(14)28-2)18-22-29-19(26)24(18)10-13-8-17(25)23-9-12(20)4-6-16(23)21-13/h3-9H,10H2,1-2H3. The largest absolute Gasteiger partial charge is 0.493 e. The van der Waals surface area contributed by atoms with Gasteiger partial charge in [-0.05, 0) is 30.3 Å². The summed E-state index contributed by atoms with van der Waals surface area (Å²) in [6.45, 7) is 0.000375. The van der Waals surface area contributed by atoms with Crippen LogP contribution in [0.3, 0.4) is 0 Å². The fourth-order valence-corrected chi connectivity index (χ4v) is 3.12. The van der Waals surface area contributed by atoms with Crippen LogP contribution in [0.5, 0.6) is 11.5 Å². The third-order valence-electron chi connectivity index (χ3n) is 4.32. The lowest BCUT2D eigenvalue weighted by atomic mass is 10.2. The highest BCUT2D eigenvalue weighted by atomic mass is 35.5. The van der Waals surface area contributed by atoms with Gasteiger partial charge in [0.1, 0.15) is 5.65 Å². The van der Waals surface area contributed by atoms with Gasteiger partial charge in [-0.15, -0.1) is 0 Å². The van der Waals surface area contributed by atoms with Gasteiger partial charge in [0.05, 0.1) is 31.5 Å². The number of aromatic nitrogens is 4. The maximum absolute atomic E-state index is 12.4. The van der Waals surface area contributed by atoms with E-state index >= 15 is 0 Å². The maximum atomic E-state index is 12.4. The van der Waals surface area contributed by atoms with Crippen molar-refractivity contribution < 1.29 is 14.0 Å². The molecule has 0 radical (unpaired) electrons. The number of ether oxygens (including phenoxy) is 2. The van der Waals surface area contributed by atoms with Crippen LogP contribution in [0, 0.1) is 0 Å². The average Bonchev–Trinajstić information content (AvgIpc) is 3.08. The van der Waals surface area contributed by atoms with Gasteiger partial charge in [0, 0.05) is 17.8 Å². The molecule has 4 rings (SSSR count). The third-order valence-corrected chi connectivity index (χ3v) is 4.55. The summed E-state index contributed by atoms with van der Waals surface area (Å²) in [5.74, 6) is 0.615. The van der Waals surface area contributed by atoms with E-state index in [0.717, 1.165) is 0 Å². The zero-order valence-corrected chi connectivity index (χ0v) is 16.2. The minimum atomic E-state index is -0.673. The third kappa shape index (κ3) is 3.47. The van der Waals surface area contributed by atoms with E-state index in [-0.39, 0.29) is 17.9 Å². The van der Waals surface area contributed by atoms with Crippen molar-refractivity contribution in [1.82, 2.24) is 19.1 Å². The van der Waals surface area contributed by atoms with Gasteiger partial charge in [0.15, 0.2) is 17.3 Å². The number of pyridine rings is 1. The number of nitrogens with zero attached hydrogens (tertiary/aromatic N) is 4. The summed E-state index contributed by atoms with van der Waals surface area (Å²) in [7, 11) is 3.04. The van der Waals surface area contributed by atoms with E-state index in [9.17, 15) is 9.59 Å². The van der Waals surface area contributed by atoms with Crippen LogP contribution in [-0.2, 0) is 6.54 Å². The lowest BCUT2D eigenvalue weighted by Gasteiger charge is -2.10. The molecule has 0 aliphatic rings. The fourth-order valence-electron chi connectivity index (χ4n) is 2.96. The number of hydrogen-bond acceptors (Lipinski definition) is 7. The first-order valence-corrected chi connectivity index (χ1v) is 8.84. The van der Waals surface area contributed by atoms with Gasteiger partial charge >= 0.3 is 5.76 Å². The van der Waals surface area contributed by atoms with E-state index in [0.29, 0.717) is 33.4 Å². The van der Waals surface area contributed by atoms with Crippen LogP contribution >= 0.6 is 11.6 Å². The summed E-state index contributed by atoms with van der Waals surface area (Å²) in [5, 5.41) is 4.28. The van der Waals surface area contributed by atoms with Crippen molar-refractivity contribution in [2.75, 3.05) is 14.2 Å². The molecule has 0 bridgehead atoms. The minimum absolute atomic E-state index is 0.000375. The molecule has 29 heavy (non-hydrogen) atoms. The molecule has 1 aromatic carbocycles. The molecule has 0 amide bonds. The molecule has 3 heterocycles. The Bertz CT molecular complexity index is 1320. The quantitative estimate of drug-likeness (QED) is 0.493. The highest BCUT2D eigenvalue weighted by Gasteiger charge is 2.17. The van der Waals surface area contributed by atoms with Crippen molar-refractivity contribution in [2.24, 2.45) is 0 Å². The molecular formula is C19H15ClN4O5. The Kier molecular flexibility index (Phi) is 4.81. The van der Waals surface area contributed by atoms with E-state index in [4.69, 9.17) is 25.6 Å². The van der Waals surface area contributed by atoms with E-state index in [1.54, 1.807) is 30.3 Å². The van der Waals surface area contributed by atoms with Crippen molar-refractivity contribution in [3.8, 4) is 22.9 Å². The van der Waals surface area contributed by atoms with Crippen molar-refractivity contribution in [2.45, 2.75) is 6.54 Å². The predicted octanol–water partition coefficient (Wildman–Crippen LogP) is 2.23. The number of halogens is 1. The second kappa shape index (κ2) is 7.44. The molecule has 0 saturated heterocycles. The van der Waals surface area contributed by atoms with E-state index in [2.05, 4.69) is 10.1 Å². The highest BCUT2D eigenvalue weighted by Crippen LogP contribution is 2.31. The SMILES string of the molecule is COc1ccc(-c2noc(=O)n2Cc2cc(=O)n3cc(Cl)ccc3n2)cc1OC. The van der Waals surface area contributed by atoms with Crippen LogP contribution < -0.4 is 20.8 Å². The van der Waals surface area contributed by atoms with Crippen LogP contribution in [0.25, 0.3) is 17.0 Å². The molecule has 0 unspecified atom stereocenters.